The number of hydrogen-bond acceptors (Lipinski definition) is 4. The standard InChI is InChI=1S/C49H97NO4/c1-3-5-7-9-11-13-15-17-19-21-22-23-24-25-26-27-28-30-32-34-36-38-40-42-46(52)44-49(54)50-47(45-51)48(53)43-41-39-37-35-33-31-29-20-18-16-14-12-10-8-6-4-2/h25-26,46-48,51-53H,3-24,27-45H2,1-2H3,(H,50,54)/b26-25-. The van der Waals surface area contributed by atoms with Crippen LogP contribution < -0.4 is 5.32 Å². The zero-order valence-electron chi connectivity index (χ0n) is 36.6. The number of nitrogens with one attached hydrogen (secondary N) is 1. The molecule has 0 fully saturated rings. The molecule has 0 saturated heterocycles. The first-order chi connectivity index (χ1) is 26.5. The predicted octanol–water partition coefficient (Wildman–Crippen LogP) is 14.4. The van der Waals surface area contributed by atoms with Gasteiger partial charge in [0.25, 0.3) is 0 Å². The number of rotatable bonds is 45. The summed E-state index contributed by atoms with van der Waals surface area (Å²) in [6.45, 7) is 4.29. The third kappa shape index (κ3) is 40.7. The Labute approximate surface area is 338 Å². The lowest BCUT2D eigenvalue weighted by Crippen LogP contribution is -2.46. The monoisotopic (exact) mass is 764 g/mol. The molecule has 0 saturated carbocycles. The highest BCUT2D eigenvalue weighted by Gasteiger charge is 2.21. The summed E-state index contributed by atoms with van der Waals surface area (Å²) >= 11 is 0. The van der Waals surface area contributed by atoms with Crippen molar-refractivity contribution in [2.75, 3.05) is 6.61 Å². The molecule has 3 unspecified atom stereocenters. The van der Waals surface area contributed by atoms with E-state index in [4.69, 9.17) is 0 Å². The summed E-state index contributed by atoms with van der Waals surface area (Å²) in [4.78, 5) is 12.5. The largest absolute Gasteiger partial charge is 0.394 e. The fourth-order valence-corrected chi connectivity index (χ4v) is 7.81. The highest BCUT2D eigenvalue weighted by molar-refractivity contribution is 5.76. The zero-order chi connectivity index (χ0) is 39.4. The van der Waals surface area contributed by atoms with Crippen LogP contribution >= 0.6 is 0 Å². The molecule has 0 spiro atoms. The minimum atomic E-state index is -0.747. The lowest BCUT2D eigenvalue weighted by Gasteiger charge is -2.23. The zero-order valence-corrected chi connectivity index (χ0v) is 36.6. The maximum atomic E-state index is 12.5. The summed E-state index contributed by atoms with van der Waals surface area (Å²) in [6, 6.07) is -0.657. The van der Waals surface area contributed by atoms with Crippen LogP contribution in [0.15, 0.2) is 12.2 Å². The van der Waals surface area contributed by atoms with Gasteiger partial charge in [0.05, 0.1) is 31.3 Å². The van der Waals surface area contributed by atoms with E-state index in [2.05, 4.69) is 31.3 Å². The average Bonchev–Trinajstić information content (AvgIpc) is 3.16. The molecule has 0 aliphatic rings. The van der Waals surface area contributed by atoms with Crippen LogP contribution in [0, 0.1) is 0 Å². The second kappa shape index (κ2) is 44.8. The molecule has 0 aliphatic carbocycles. The molecular formula is C49H97NO4. The van der Waals surface area contributed by atoms with Crippen molar-refractivity contribution in [3.8, 4) is 0 Å². The minimum Gasteiger partial charge on any atom is -0.394 e. The quantitative estimate of drug-likeness (QED) is 0.0367. The summed E-state index contributed by atoms with van der Waals surface area (Å²) in [5.41, 5.74) is 0. The normalized spacial score (nSPS) is 13.5. The number of amides is 1. The smallest absolute Gasteiger partial charge is 0.222 e. The molecule has 0 aromatic rings. The van der Waals surface area contributed by atoms with E-state index in [9.17, 15) is 20.1 Å². The molecule has 54 heavy (non-hydrogen) atoms. The van der Waals surface area contributed by atoms with Crippen molar-refractivity contribution in [2.45, 2.75) is 289 Å². The van der Waals surface area contributed by atoms with Gasteiger partial charge in [-0.1, -0.05) is 238 Å². The van der Waals surface area contributed by atoms with Gasteiger partial charge in [-0.05, 0) is 38.5 Å². The molecule has 322 valence electrons. The average molecular weight is 764 g/mol. The molecule has 0 aliphatic heterocycles. The molecule has 0 bridgehead atoms. The number of aliphatic hydroxyl groups excluding tert-OH is 3. The molecule has 3 atom stereocenters. The van der Waals surface area contributed by atoms with Crippen LogP contribution in [0.3, 0.4) is 0 Å². The van der Waals surface area contributed by atoms with Crippen molar-refractivity contribution in [3.63, 3.8) is 0 Å². The molecular weight excluding hydrogens is 667 g/mol. The number of allylic oxidation sites excluding steroid dienone is 2. The number of aliphatic hydroxyl groups is 3. The summed E-state index contributed by atoms with van der Waals surface area (Å²) in [6.07, 6.45) is 53.4. The van der Waals surface area contributed by atoms with E-state index < -0.39 is 18.2 Å². The van der Waals surface area contributed by atoms with Gasteiger partial charge >= 0.3 is 0 Å². The Morgan fingerprint density at radius 1 is 0.444 bits per heavy atom. The summed E-state index contributed by atoms with van der Waals surface area (Å²) in [5.74, 6) is -0.282. The topological polar surface area (TPSA) is 89.8 Å². The molecule has 0 radical (unpaired) electrons. The van der Waals surface area contributed by atoms with Gasteiger partial charge in [0.1, 0.15) is 0 Å². The number of hydrogen-bond donors (Lipinski definition) is 4. The Hall–Kier alpha value is -0.910. The highest BCUT2D eigenvalue weighted by atomic mass is 16.3. The van der Waals surface area contributed by atoms with Crippen LogP contribution in [-0.2, 0) is 4.79 Å². The SMILES string of the molecule is CCCCCCCCCCCCCC/C=C\CCCCCCCCCC(O)CC(=O)NC(CO)C(O)CCCCCCCCCCCCCCCCCC. The molecule has 0 aromatic heterocycles. The van der Waals surface area contributed by atoms with Gasteiger partial charge in [0, 0.05) is 0 Å². The van der Waals surface area contributed by atoms with Crippen molar-refractivity contribution in [3.05, 3.63) is 12.2 Å². The molecule has 0 aromatic carbocycles. The van der Waals surface area contributed by atoms with Crippen LogP contribution in [0.5, 0.6) is 0 Å². The Bertz CT molecular complexity index is 758. The second-order valence-corrected chi connectivity index (χ2v) is 17.1. The van der Waals surface area contributed by atoms with Crippen LogP contribution in [0.25, 0.3) is 0 Å². The van der Waals surface area contributed by atoms with Crippen molar-refractivity contribution in [1.82, 2.24) is 5.32 Å². The minimum absolute atomic E-state index is 0.0368. The van der Waals surface area contributed by atoms with Gasteiger partial charge in [0.2, 0.25) is 5.91 Å². The highest BCUT2D eigenvalue weighted by Crippen LogP contribution is 2.17. The van der Waals surface area contributed by atoms with Crippen LogP contribution in [0.1, 0.15) is 271 Å². The van der Waals surface area contributed by atoms with Gasteiger partial charge in [-0.25, -0.2) is 0 Å². The number of carbonyl (C=O) groups excluding carboxylic acids is 1. The van der Waals surface area contributed by atoms with E-state index >= 15 is 0 Å². The van der Waals surface area contributed by atoms with Gasteiger partial charge < -0.3 is 20.6 Å². The Morgan fingerprint density at radius 2 is 0.741 bits per heavy atom. The van der Waals surface area contributed by atoms with Crippen molar-refractivity contribution < 1.29 is 20.1 Å². The first-order valence-electron chi connectivity index (χ1n) is 24.5. The third-order valence-electron chi connectivity index (χ3n) is 11.6. The van der Waals surface area contributed by atoms with E-state index in [1.54, 1.807) is 0 Å². The van der Waals surface area contributed by atoms with Crippen LogP contribution in [0.2, 0.25) is 0 Å². The Balaban J connectivity index is 3.56. The lowest BCUT2D eigenvalue weighted by molar-refractivity contribution is -0.125. The molecule has 0 rings (SSSR count). The summed E-state index contributed by atoms with van der Waals surface area (Å²) < 4.78 is 0. The summed E-state index contributed by atoms with van der Waals surface area (Å²) in [5, 5.41) is 33.5. The van der Waals surface area contributed by atoms with Crippen molar-refractivity contribution in [2.24, 2.45) is 0 Å². The van der Waals surface area contributed by atoms with E-state index in [-0.39, 0.29) is 18.9 Å². The van der Waals surface area contributed by atoms with Crippen molar-refractivity contribution >= 4 is 5.91 Å². The predicted molar refractivity (Wildman–Crippen MR) is 236 cm³/mol. The van der Waals surface area contributed by atoms with Gasteiger partial charge in [-0.3, -0.25) is 4.79 Å². The van der Waals surface area contributed by atoms with Gasteiger partial charge in [-0.15, -0.1) is 0 Å². The van der Waals surface area contributed by atoms with E-state index in [1.807, 2.05) is 0 Å². The van der Waals surface area contributed by atoms with Crippen LogP contribution in [-0.4, -0.2) is 46.1 Å². The Kier molecular flexibility index (Phi) is 44.0. The second-order valence-electron chi connectivity index (χ2n) is 17.1. The summed E-state index contributed by atoms with van der Waals surface area (Å²) in [7, 11) is 0. The maximum Gasteiger partial charge on any atom is 0.222 e. The van der Waals surface area contributed by atoms with Crippen molar-refractivity contribution in [1.29, 1.82) is 0 Å². The van der Waals surface area contributed by atoms with E-state index in [0.717, 1.165) is 25.7 Å². The first-order valence-corrected chi connectivity index (χ1v) is 24.5. The first kappa shape index (κ1) is 53.1. The number of unbranched alkanes of at least 4 members (excludes halogenated alkanes) is 34. The maximum absolute atomic E-state index is 12.5. The van der Waals surface area contributed by atoms with E-state index in [0.29, 0.717) is 12.8 Å². The fraction of sp³-hybridized carbons (Fsp3) is 0.939. The van der Waals surface area contributed by atoms with Gasteiger partial charge in [0.15, 0.2) is 0 Å². The third-order valence-corrected chi connectivity index (χ3v) is 11.6. The Morgan fingerprint density at radius 3 is 1.07 bits per heavy atom. The molecule has 5 nitrogen and oxygen atoms in total. The number of carbonyl (C=O) groups is 1. The van der Waals surface area contributed by atoms with E-state index in [1.165, 1.54) is 212 Å². The molecule has 5 heteroatoms. The van der Waals surface area contributed by atoms with Crippen LogP contribution in [0.4, 0.5) is 0 Å². The lowest BCUT2D eigenvalue weighted by atomic mass is 10.0. The molecule has 4 N–H and O–H groups in total. The molecule has 0 heterocycles. The molecule has 1 amide bonds. The van der Waals surface area contributed by atoms with Gasteiger partial charge in [-0.2, -0.15) is 0 Å². The fourth-order valence-electron chi connectivity index (χ4n) is 7.81.